The summed E-state index contributed by atoms with van der Waals surface area (Å²) in [6, 6.07) is 0. The molecule has 0 atom stereocenters. The van der Waals surface area contributed by atoms with Gasteiger partial charge < -0.3 is 0 Å². The van der Waals surface area contributed by atoms with Gasteiger partial charge in [0, 0.05) is 22.4 Å². The molecule has 1 N–H and O–H groups in total. The monoisotopic (exact) mass is 207 g/mol. The predicted molar refractivity (Wildman–Crippen MR) is 12.7 cm³/mol. The van der Waals surface area contributed by atoms with Gasteiger partial charge in [0.1, 0.15) is 0 Å². The number of halogens is 1. The van der Waals surface area contributed by atoms with Gasteiger partial charge in [0.25, 0.3) is 0 Å². The first-order chi connectivity index (χ1) is 2.00. The molecule has 0 amide bonds. The zero-order valence-electron chi connectivity index (χ0n) is 2.35. The standard InChI is InChI=1S/Ag.FHO3S/c;1-5(2,3)4/h;(H,2,3,4). The molecule has 0 aromatic rings. The molecule has 3 nitrogen and oxygen atoms in total. The van der Waals surface area contributed by atoms with Crippen LogP contribution in [0.2, 0.25) is 0 Å². The van der Waals surface area contributed by atoms with Crippen molar-refractivity contribution in [1.82, 2.24) is 0 Å². The average molecular weight is 208 g/mol. The summed E-state index contributed by atoms with van der Waals surface area (Å²) in [6.45, 7) is 0. The summed E-state index contributed by atoms with van der Waals surface area (Å²) in [4.78, 5) is 0. The summed E-state index contributed by atoms with van der Waals surface area (Å²) in [6.07, 6.45) is 0. The van der Waals surface area contributed by atoms with Crippen molar-refractivity contribution in [3.63, 3.8) is 0 Å². The molecule has 0 bridgehead atoms. The maximum absolute atomic E-state index is 10.2. The fraction of sp³-hybridized carbons (Fsp3) is 0. The molecule has 0 heterocycles. The second-order valence-electron chi connectivity index (χ2n) is 0.412. The summed E-state index contributed by atoms with van der Waals surface area (Å²) in [5, 5.41) is 0. The Bertz CT molecular complexity index is 94.0. The van der Waals surface area contributed by atoms with Crippen molar-refractivity contribution in [2.75, 3.05) is 0 Å². The van der Waals surface area contributed by atoms with Crippen molar-refractivity contribution >= 4 is 10.5 Å². The molecular weight excluding hydrogens is 207 g/mol. The van der Waals surface area contributed by atoms with Gasteiger partial charge in [0.05, 0.1) is 0 Å². The van der Waals surface area contributed by atoms with Crippen LogP contribution in [0.3, 0.4) is 0 Å². The van der Waals surface area contributed by atoms with E-state index in [1.807, 2.05) is 0 Å². The summed E-state index contributed by atoms with van der Waals surface area (Å²) in [7, 11) is -5.17. The maximum Gasteiger partial charge on any atom is 0.435 e. The third-order valence-corrected chi connectivity index (χ3v) is 0. The minimum atomic E-state index is -5.17. The summed E-state index contributed by atoms with van der Waals surface area (Å²) in [5.41, 5.74) is 0. The Labute approximate surface area is 50.1 Å². The summed E-state index contributed by atoms with van der Waals surface area (Å²) in [5.74, 6) is 0. The zero-order valence-corrected chi connectivity index (χ0v) is 4.65. The molecule has 0 fully saturated rings. The SMILES string of the molecule is O=S(=O)(O)F.[Ag]. The van der Waals surface area contributed by atoms with Gasteiger partial charge in [-0.25, -0.2) is 0 Å². The van der Waals surface area contributed by atoms with Crippen molar-refractivity contribution in [2.45, 2.75) is 0 Å². The van der Waals surface area contributed by atoms with E-state index >= 15 is 0 Å². The van der Waals surface area contributed by atoms with Crippen LogP contribution in [0.15, 0.2) is 0 Å². The fourth-order valence-electron chi connectivity index (χ4n) is 0. The van der Waals surface area contributed by atoms with E-state index in [4.69, 9.17) is 13.0 Å². The smallest absolute Gasteiger partial charge is 0.260 e. The van der Waals surface area contributed by atoms with Crippen LogP contribution in [0, 0.1) is 0 Å². The normalized spacial score (nSPS) is 9.67. The summed E-state index contributed by atoms with van der Waals surface area (Å²) < 4.78 is 34.1. The molecule has 0 aliphatic carbocycles. The Hall–Kier alpha value is 0.580. The van der Waals surface area contributed by atoms with E-state index in [0.29, 0.717) is 0 Å². The Balaban J connectivity index is 0. The molecule has 0 saturated heterocycles. The van der Waals surface area contributed by atoms with Gasteiger partial charge in [0.2, 0.25) is 0 Å². The number of hydrogen-bond acceptors (Lipinski definition) is 2. The first-order valence-corrected chi connectivity index (χ1v) is 2.01. The molecule has 0 aliphatic rings. The van der Waals surface area contributed by atoms with E-state index in [1.165, 1.54) is 0 Å². The van der Waals surface area contributed by atoms with E-state index in [9.17, 15) is 3.89 Å². The Morgan fingerprint density at radius 3 is 1.50 bits per heavy atom. The topological polar surface area (TPSA) is 54.4 Å². The third-order valence-electron chi connectivity index (χ3n) is 0. The molecule has 0 unspecified atom stereocenters. The van der Waals surface area contributed by atoms with Crippen LogP contribution in [0.5, 0.6) is 0 Å². The molecule has 0 aromatic heterocycles. The molecule has 0 aromatic carbocycles. The Kier molecular flexibility index (Phi) is 4.40. The van der Waals surface area contributed by atoms with Crippen LogP contribution < -0.4 is 0 Å². The molecule has 0 aliphatic heterocycles. The van der Waals surface area contributed by atoms with E-state index in [2.05, 4.69) is 0 Å². The molecule has 0 saturated carbocycles. The molecular formula is HAgFO3S. The molecule has 1 radical (unpaired) electrons. The number of rotatable bonds is 0. The van der Waals surface area contributed by atoms with E-state index < -0.39 is 10.5 Å². The van der Waals surface area contributed by atoms with Crippen molar-refractivity contribution in [2.24, 2.45) is 0 Å². The molecule has 0 spiro atoms. The van der Waals surface area contributed by atoms with Crippen LogP contribution >= 0.6 is 0 Å². The summed E-state index contributed by atoms with van der Waals surface area (Å²) >= 11 is 0. The van der Waals surface area contributed by atoms with Gasteiger partial charge in [-0.05, 0) is 0 Å². The fourth-order valence-corrected chi connectivity index (χ4v) is 0. The van der Waals surface area contributed by atoms with E-state index in [0.717, 1.165) is 0 Å². The first-order valence-electron chi connectivity index (χ1n) is 0.670. The first kappa shape index (κ1) is 9.77. The van der Waals surface area contributed by atoms with Crippen LogP contribution in [-0.4, -0.2) is 13.0 Å². The van der Waals surface area contributed by atoms with Crippen LogP contribution in [0.4, 0.5) is 3.89 Å². The minimum Gasteiger partial charge on any atom is -0.260 e. The second kappa shape index (κ2) is 2.70. The van der Waals surface area contributed by atoms with Crippen molar-refractivity contribution in [3.05, 3.63) is 0 Å². The number of hydrogen-bond donors (Lipinski definition) is 1. The predicted octanol–water partition coefficient (Wildman–Crippen LogP) is -0.244. The van der Waals surface area contributed by atoms with E-state index in [-0.39, 0.29) is 22.4 Å². The van der Waals surface area contributed by atoms with Crippen molar-refractivity contribution in [1.29, 1.82) is 0 Å². The molecule has 6 heavy (non-hydrogen) atoms. The molecule has 6 heteroatoms. The second-order valence-corrected chi connectivity index (χ2v) is 1.24. The van der Waals surface area contributed by atoms with Crippen LogP contribution in [0.1, 0.15) is 0 Å². The van der Waals surface area contributed by atoms with Gasteiger partial charge in [-0.3, -0.25) is 4.55 Å². The zero-order chi connectivity index (χ0) is 4.50. The van der Waals surface area contributed by atoms with E-state index in [1.54, 1.807) is 0 Å². The largest absolute Gasteiger partial charge is 0.435 e. The van der Waals surface area contributed by atoms with Gasteiger partial charge in [-0.2, -0.15) is 8.42 Å². The van der Waals surface area contributed by atoms with Crippen LogP contribution in [-0.2, 0) is 32.9 Å². The third kappa shape index (κ3) is 174. The van der Waals surface area contributed by atoms with Crippen molar-refractivity contribution < 1.29 is 39.2 Å². The van der Waals surface area contributed by atoms with Gasteiger partial charge in [0.15, 0.2) is 0 Å². The Morgan fingerprint density at radius 1 is 1.50 bits per heavy atom. The quantitative estimate of drug-likeness (QED) is 0.339. The van der Waals surface area contributed by atoms with Crippen molar-refractivity contribution in [3.8, 4) is 0 Å². The van der Waals surface area contributed by atoms with Gasteiger partial charge in [-0.1, -0.05) is 3.89 Å². The average Bonchev–Trinajstić information content (AvgIpc) is 0.722. The van der Waals surface area contributed by atoms with Gasteiger partial charge >= 0.3 is 10.5 Å². The maximum atomic E-state index is 10.2. The molecule has 43 valence electrons. The van der Waals surface area contributed by atoms with Gasteiger partial charge in [-0.15, -0.1) is 0 Å². The Morgan fingerprint density at radius 2 is 1.50 bits per heavy atom. The molecule has 0 rings (SSSR count). The van der Waals surface area contributed by atoms with Crippen LogP contribution in [0.25, 0.3) is 0 Å². The minimum absolute atomic E-state index is 0.